The van der Waals surface area contributed by atoms with Crippen LogP contribution in [0, 0.1) is 5.92 Å². The first-order valence-electron chi connectivity index (χ1n) is 6.34. The van der Waals surface area contributed by atoms with Crippen molar-refractivity contribution in [2.75, 3.05) is 19.6 Å². The molecule has 1 aromatic heterocycles. The lowest BCUT2D eigenvalue weighted by molar-refractivity contribution is 0.135. The summed E-state index contributed by atoms with van der Waals surface area (Å²) >= 11 is 5.40. The van der Waals surface area contributed by atoms with Crippen LogP contribution in [-0.4, -0.2) is 30.6 Å². The summed E-state index contributed by atoms with van der Waals surface area (Å²) in [7, 11) is 0. The molecule has 96 valence electrons. The monoisotopic (exact) mass is 316 g/mol. The van der Waals surface area contributed by atoms with Gasteiger partial charge < -0.3 is 5.32 Å². The highest BCUT2D eigenvalue weighted by Gasteiger charge is 2.23. The van der Waals surface area contributed by atoms with Gasteiger partial charge in [0.2, 0.25) is 0 Å². The van der Waals surface area contributed by atoms with E-state index in [2.05, 4.69) is 52.1 Å². The Morgan fingerprint density at radius 2 is 2.35 bits per heavy atom. The third-order valence-corrected chi connectivity index (χ3v) is 4.81. The van der Waals surface area contributed by atoms with E-state index < -0.39 is 0 Å². The maximum atomic E-state index is 3.54. The Bertz CT molecular complexity index is 351. The minimum atomic E-state index is 0.699. The molecule has 1 aliphatic rings. The zero-order valence-corrected chi connectivity index (χ0v) is 13.0. The van der Waals surface area contributed by atoms with Crippen molar-refractivity contribution < 1.29 is 0 Å². The third kappa shape index (κ3) is 4.05. The molecular weight excluding hydrogens is 296 g/mol. The van der Waals surface area contributed by atoms with Gasteiger partial charge in [-0.2, -0.15) is 0 Å². The number of nitrogens with zero attached hydrogens (tertiary/aromatic N) is 1. The van der Waals surface area contributed by atoms with Gasteiger partial charge in [-0.3, -0.25) is 4.90 Å². The molecule has 1 aliphatic heterocycles. The van der Waals surface area contributed by atoms with Crippen LogP contribution in [-0.2, 0) is 6.54 Å². The van der Waals surface area contributed by atoms with Crippen LogP contribution in [0.15, 0.2) is 15.9 Å². The van der Waals surface area contributed by atoms with Crippen LogP contribution in [0.1, 0.15) is 25.1 Å². The van der Waals surface area contributed by atoms with E-state index in [9.17, 15) is 0 Å². The molecule has 1 saturated heterocycles. The van der Waals surface area contributed by atoms with Crippen LogP contribution in [0.5, 0.6) is 0 Å². The summed E-state index contributed by atoms with van der Waals surface area (Å²) < 4.78 is 1.24. The topological polar surface area (TPSA) is 15.3 Å². The highest BCUT2D eigenvalue weighted by atomic mass is 79.9. The molecule has 0 saturated carbocycles. The molecule has 0 aromatic carbocycles. The van der Waals surface area contributed by atoms with E-state index in [0.29, 0.717) is 6.04 Å². The van der Waals surface area contributed by atoms with Crippen molar-refractivity contribution in [3.05, 3.63) is 20.8 Å². The van der Waals surface area contributed by atoms with Gasteiger partial charge >= 0.3 is 0 Å². The first-order chi connectivity index (χ1) is 8.15. The van der Waals surface area contributed by atoms with Gasteiger partial charge in [-0.15, -0.1) is 11.3 Å². The van der Waals surface area contributed by atoms with Crippen LogP contribution >= 0.6 is 27.3 Å². The maximum Gasteiger partial charge on any atom is 0.0701 e. The third-order valence-electron chi connectivity index (χ3n) is 3.20. The molecular formula is C13H21BrN2S. The number of thiophene rings is 1. The van der Waals surface area contributed by atoms with Gasteiger partial charge in [0.15, 0.2) is 0 Å². The van der Waals surface area contributed by atoms with Gasteiger partial charge in [-0.25, -0.2) is 0 Å². The highest BCUT2D eigenvalue weighted by molar-refractivity contribution is 9.11. The van der Waals surface area contributed by atoms with Crippen LogP contribution in [0.25, 0.3) is 0 Å². The van der Waals surface area contributed by atoms with Gasteiger partial charge in [0.05, 0.1) is 3.79 Å². The van der Waals surface area contributed by atoms with Crippen molar-refractivity contribution in [1.82, 2.24) is 10.2 Å². The molecule has 1 aromatic rings. The predicted octanol–water partition coefficient (Wildman–Crippen LogP) is 3.33. The molecule has 4 heteroatoms. The van der Waals surface area contributed by atoms with Gasteiger partial charge in [-0.1, -0.05) is 13.8 Å². The molecule has 1 fully saturated rings. The second-order valence-electron chi connectivity index (χ2n) is 5.16. The van der Waals surface area contributed by atoms with Crippen LogP contribution in [0.3, 0.4) is 0 Å². The molecule has 2 nitrogen and oxygen atoms in total. The van der Waals surface area contributed by atoms with Crippen molar-refractivity contribution >= 4 is 27.3 Å². The second kappa shape index (κ2) is 6.32. The maximum absolute atomic E-state index is 3.54. The summed E-state index contributed by atoms with van der Waals surface area (Å²) in [6.07, 6.45) is 1.29. The van der Waals surface area contributed by atoms with Gasteiger partial charge in [0.25, 0.3) is 0 Å². The van der Waals surface area contributed by atoms with Crippen LogP contribution < -0.4 is 5.32 Å². The number of hydrogen-bond acceptors (Lipinski definition) is 3. The summed E-state index contributed by atoms with van der Waals surface area (Å²) in [5, 5.41) is 3.51. The molecule has 0 spiro atoms. The van der Waals surface area contributed by atoms with E-state index in [1.54, 1.807) is 0 Å². The van der Waals surface area contributed by atoms with Crippen LogP contribution in [0.2, 0.25) is 0 Å². The lowest BCUT2D eigenvalue weighted by atomic mass is 10.0. The fraction of sp³-hybridized carbons (Fsp3) is 0.692. The van der Waals surface area contributed by atoms with Crippen molar-refractivity contribution in [3.63, 3.8) is 0 Å². The molecule has 1 N–H and O–H groups in total. The molecule has 1 atom stereocenters. The Hall–Kier alpha value is 0.1000. The van der Waals surface area contributed by atoms with Crippen molar-refractivity contribution in [3.8, 4) is 0 Å². The smallest absolute Gasteiger partial charge is 0.0701 e. The SMILES string of the molecule is CC(C)CC1CNCCN1Cc1ccc(Br)s1. The summed E-state index contributed by atoms with van der Waals surface area (Å²) in [5.41, 5.74) is 0. The molecule has 17 heavy (non-hydrogen) atoms. The summed E-state index contributed by atoms with van der Waals surface area (Å²) in [4.78, 5) is 4.10. The molecule has 0 aliphatic carbocycles. The van der Waals surface area contributed by atoms with E-state index in [-0.39, 0.29) is 0 Å². The van der Waals surface area contributed by atoms with Crippen LogP contribution in [0.4, 0.5) is 0 Å². The van der Waals surface area contributed by atoms with E-state index in [0.717, 1.165) is 25.6 Å². The molecule has 0 radical (unpaired) electrons. The van der Waals surface area contributed by atoms with Gasteiger partial charge in [0, 0.05) is 37.1 Å². The first-order valence-corrected chi connectivity index (χ1v) is 7.95. The Labute approximate surface area is 117 Å². The largest absolute Gasteiger partial charge is 0.314 e. The average Bonchev–Trinajstić information content (AvgIpc) is 2.66. The van der Waals surface area contributed by atoms with E-state index >= 15 is 0 Å². The quantitative estimate of drug-likeness (QED) is 0.916. The fourth-order valence-corrected chi connectivity index (χ4v) is 3.93. The number of hydrogen-bond donors (Lipinski definition) is 1. The van der Waals surface area contributed by atoms with Crippen molar-refractivity contribution in [2.24, 2.45) is 5.92 Å². The highest BCUT2D eigenvalue weighted by Crippen LogP contribution is 2.25. The molecule has 0 bridgehead atoms. The van der Waals surface area contributed by atoms with Gasteiger partial charge in [-0.05, 0) is 40.4 Å². The first kappa shape index (κ1) is 13.5. The second-order valence-corrected chi connectivity index (χ2v) is 7.71. The standard InChI is InChI=1S/C13H21BrN2S/c1-10(2)7-11-8-15-5-6-16(11)9-12-3-4-13(14)17-12/h3-4,10-11,15H,5-9H2,1-2H3. The average molecular weight is 317 g/mol. The zero-order valence-electron chi connectivity index (χ0n) is 10.6. The fourth-order valence-electron chi connectivity index (χ4n) is 2.42. The predicted molar refractivity (Wildman–Crippen MR) is 78.5 cm³/mol. The van der Waals surface area contributed by atoms with E-state index in [4.69, 9.17) is 0 Å². The zero-order chi connectivity index (χ0) is 12.3. The van der Waals surface area contributed by atoms with E-state index in [1.807, 2.05) is 11.3 Å². The molecule has 0 amide bonds. The Morgan fingerprint density at radius 1 is 1.53 bits per heavy atom. The number of halogens is 1. The number of nitrogens with one attached hydrogen (secondary N) is 1. The van der Waals surface area contributed by atoms with Crippen molar-refractivity contribution in [1.29, 1.82) is 0 Å². The summed E-state index contributed by atoms with van der Waals surface area (Å²) in [6, 6.07) is 5.09. The lowest BCUT2D eigenvalue weighted by Crippen LogP contribution is -2.51. The number of piperazine rings is 1. The summed E-state index contributed by atoms with van der Waals surface area (Å²) in [5.74, 6) is 0.775. The van der Waals surface area contributed by atoms with Gasteiger partial charge in [0.1, 0.15) is 0 Å². The lowest BCUT2D eigenvalue weighted by Gasteiger charge is -2.36. The normalized spacial score (nSPS) is 22.2. The molecule has 2 rings (SSSR count). The Morgan fingerprint density at radius 3 is 3.00 bits per heavy atom. The summed E-state index contributed by atoms with van der Waals surface area (Å²) in [6.45, 7) is 9.18. The molecule has 1 unspecified atom stereocenters. The Balaban J connectivity index is 1.96. The van der Waals surface area contributed by atoms with E-state index in [1.165, 1.54) is 21.6 Å². The minimum absolute atomic E-state index is 0.699. The molecule has 2 heterocycles. The number of rotatable bonds is 4. The minimum Gasteiger partial charge on any atom is -0.314 e. The van der Waals surface area contributed by atoms with Crippen molar-refractivity contribution in [2.45, 2.75) is 32.9 Å². The Kier molecular flexibility index (Phi) is 5.03.